The van der Waals surface area contributed by atoms with Crippen molar-refractivity contribution in [3.63, 3.8) is 0 Å². The molecule has 1 unspecified atom stereocenters. The molecule has 0 spiro atoms. The van der Waals surface area contributed by atoms with E-state index in [1.165, 1.54) is 0 Å². The van der Waals surface area contributed by atoms with Crippen molar-refractivity contribution in [2.75, 3.05) is 0 Å². The largest absolute Gasteiger partial charge is 0.428 e. The van der Waals surface area contributed by atoms with Crippen molar-refractivity contribution >= 4 is 0 Å². The lowest BCUT2D eigenvalue weighted by Crippen LogP contribution is -2.15. The van der Waals surface area contributed by atoms with Crippen molar-refractivity contribution < 1.29 is 14.6 Å². The predicted molar refractivity (Wildman–Crippen MR) is 47.6 cm³/mol. The number of aliphatic hydroxyl groups excluding tert-OH is 1. The second-order valence-corrected chi connectivity index (χ2v) is 2.82. The van der Waals surface area contributed by atoms with E-state index >= 15 is 0 Å². The van der Waals surface area contributed by atoms with Crippen LogP contribution in [0.3, 0.4) is 0 Å². The molecule has 0 aromatic heterocycles. The summed E-state index contributed by atoms with van der Waals surface area (Å²) in [5, 5.41) is 9.01. The van der Waals surface area contributed by atoms with E-state index in [1.54, 1.807) is 6.07 Å². The molecule has 0 saturated carbocycles. The fraction of sp³-hybridized carbons (Fsp3) is 0.200. The summed E-state index contributed by atoms with van der Waals surface area (Å²) in [7, 11) is 0. The second kappa shape index (κ2) is 3.11. The van der Waals surface area contributed by atoms with E-state index in [2.05, 4.69) is 6.58 Å². The highest BCUT2D eigenvalue weighted by molar-refractivity contribution is 5.45. The van der Waals surface area contributed by atoms with Crippen molar-refractivity contribution in [2.45, 2.75) is 12.9 Å². The predicted octanol–water partition coefficient (Wildman–Crippen LogP) is 1.46. The molecule has 1 aromatic carbocycles. The molecule has 2 rings (SSSR count). The van der Waals surface area contributed by atoms with E-state index in [-0.39, 0.29) is 0 Å². The number of hydrogen-bond donors (Lipinski definition) is 1. The van der Waals surface area contributed by atoms with Crippen LogP contribution in [-0.4, -0.2) is 11.6 Å². The van der Waals surface area contributed by atoms with E-state index in [9.17, 15) is 0 Å². The van der Waals surface area contributed by atoms with Gasteiger partial charge in [-0.05, 0) is 24.1 Å². The highest BCUT2D eigenvalue weighted by atomic mass is 16.8. The topological polar surface area (TPSA) is 38.7 Å². The van der Waals surface area contributed by atoms with Crippen molar-refractivity contribution in [2.24, 2.45) is 0 Å². The van der Waals surface area contributed by atoms with E-state index in [4.69, 9.17) is 14.6 Å². The highest BCUT2D eigenvalue weighted by Crippen LogP contribution is 2.34. The van der Waals surface area contributed by atoms with Crippen LogP contribution in [0.5, 0.6) is 11.5 Å². The second-order valence-electron chi connectivity index (χ2n) is 2.82. The zero-order valence-corrected chi connectivity index (χ0v) is 7.06. The van der Waals surface area contributed by atoms with Crippen LogP contribution >= 0.6 is 0 Å². The molecule has 1 aliphatic rings. The lowest BCUT2D eigenvalue weighted by molar-refractivity contribution is -0.133. The first kappa shape index (κ1) is 8.13. The summed E-state index contributed by atoms with van der Waals surface area (Å²) in [4.78, 5) is 0. The van der Waals surface area contributed by atoms with Gasteiger partial charge in [-0.1, -0.05) is 12.1 Å². The van der Waals surface area contributed by atoms with E-state index in [0.717, 1.165) is 12.0 Å². The van der Waals surface area contributed by atoms with Crippen molar-refractivity contribution in [3.8, 4) is 11.5 Å². The zero-order valence-electron chi connectivity index (χ0n) is 7.06. The normalized spacial score (nSPS) is 18.7. The van der Waals surface area contributed by atoms with Gasteiger partial charge in [0.25, 0.3) is 0 Å². The Kier molecular flexibility index (Phi) is 1.94. The Balaban J connectivity index is 2.29. The number of allylic oxidation sites excluding steroid dienone is 1. The fourth-order valence-corrected chi connectivity index (χ4v) is 1.28. The van der Waals surface area contributed by atoms with Crippen molar-refractivity contribution in [1.82, 2.24) is 0 Å². The van der Waals surface area contributed by atoms with Crippen LogP contribution in [0.25, 0.3) is 0 Å². The van der Waals surface area contributed by atoms with Gasteiger partial charge in [0.1, 0.15) is 0 Å². The third kappa shape index (κ3) is 1.51. The summed E-state index contributed by atoms with van der Waals surface area (Å²) in [6.07, 6.45) is 2.60. The van der Waals surface area contributed by atoms with Gasteiger partial charge in [-0.3, -0.25) is 0 Å². The average molecular weight is 178 g/mol. The van der Waals surface area contributed by atoms with Gasteiger partial charge in [0.15, 0.2) is 11.5 Å². The minimum absolute atomic E-state index is 0.584. The first-order valence-corrected chi connectivity index (χ1v) is 4.05. The molecular formula is C10H10O3. The lowest BCUT2D eigenvalue weighted by atomic mass is 10.1. The lowest BCUT2D eigenvalue weighted by Gasteiger charge is -1.98. The fourth-order valence-electron chi connectivity index (χ4n) is 1.28. The maximum atomic E-state index is 9.01. The number of hydrogen-bond acceptors (Lipinski definition) is 3. The molecule has 3 nitrogen and oxygen atoms in total. The smallest absolute Gasteiger partial charge is 0.358 e. The van der Waals surface area contributed by atoms with Crippen LogP contribution in [-0.2, 0) is 6.42 Å². The quantitative estimate of drug-likeness (QED) is 0.697. The highest BCUT2D eigenvalue weighted by Gasteiger charge is 2.21. The molecule has 0 bridgehead atoms. The molecular weight excluding hydrogens is 168 g/mol. The minimum Gasteiger partial charge on any atom is -0.428 e. The van der Waals surface area contributed by atoms with Gasteiger partial charge < -0.3 is 14.6 Å². The number of benzene rings is 1. The molecule has 0 amide bonds. The Morgan fingerprint density at radius 3 is 2.92 bits per heavy atom. The Bertz CT molecular complexity index is 333. The van der Waals surface area contributed by atoms with Crippen LogP contribution in [0, 0.1) is 0 Å². The van der Waals surface area contributed by atoms with Crippen molar-refractivity contribution in [1.29, 1.82) is 0 Å². The SMILES string of the molecule is C=CCc1ccc2c(c1)OC(O)O2. The standard InChI is InChI=1S/C10H10O3/c1-2-3-7-4-5-8-9(6-7)13-10(11)12-8/h2,4-6,10-11H,1,3H2. The summed E-state index contributed by atoms with van der Waals surface area (Å²) < 4.78 is 9.94. The van der Waals surface area contributed by atoms with E-state index in [1.807, 2.05) is 18.2 Å². The summed E-state index contributed by atoms with van der Waals surface area (Å²) in [6.45, 7) is 2.48. The third-order valence-electron chi connectivity index (χ3n) is 1.84. The van der Waals surface area contributed by atoms with Gasteiger partial charge in [0, 0.05) is 0 Å². The van der Waals surface area contributed by atoms with Gasteiger partial charge in [-0.15, -0.1) is 6.58 Å². The van der Waals surface area contributed by atoms with Gasteiger partial charge in [-0.25, -0.2) is 0 Å². The van der Waals surface area contributed by atoms with Crippen LogP contribution in [0.1, 0.15) is 5.56 Å². The van der Waals surface area contributed by atoms with Crippen molar-refractivity contribution in [3.05, 3.63) is 36.4 Å². The molecule has 0 fully saturated rings. The first-order chi connectivity index (χ1) is 6.29. The monoisotopic (exact) mass is 178 g/mol. The van der Waals surface area contributed by atoms with Gasteiger partial charge in [0.2, 0.25) is 0 Å². The number of rotatable bonds is 2. The molecule has 13 heavy (non-hydrogen) atoms. The van der Waals surface area contributed by atoms with Crippen LogP contribution in [0.15, 0.2) is 30.9 Å². The molecule has 1 heterocycles. The molecule has 1 aliphatic heterocycles. The summed E-state index contributed by atoms with van der Waals surface area (Å²) in [5.41, 5.74) is 1.09. The van der Waals surface area contributed by atoms with Crippen LogP contribution in [0.2, 0.25) is 0 Å². The summed E-state index contributed by atoms with van der Waals surface area (Å²) in [6, 6.07) is 5.54. The third-order valence-corrected chi connectivity index (χ3v) is 1.84. The maximum Gasteiger partial charge on any atom is 0.358 e. The van der Waals surface area contributed by atoms with Gasteiger partial charge in [0.05, 0.1) is 0 Å². The Morgan fingerprint density at radius 1 is 1.38 bits per heavy atom. The Labute approximate surface area is 76.2 Å². The maximum absolute atomic E-state index is 9.01. The zero-order chi connectivity index (χ0) is 9.26. The molecule has 1 N–H and O–H groups in total. The van der Waals surface area contributed by atoms with Crippen LogP contribution < -0.4 is 9.47 Å². The number of aliphatic hydroxyl groups is 1. The number of fused-ring (bicyclic) bond motifs is 1. The van der Waals surface area contributed by atoms with E-state index < -0.39 is 6.48 Å². The molecule has 1 atom stereocenters. The van der Waals surface area contributed by atoms with Gasteiger partial charge in [-0.2, -0.15) is 0 Å². The molecule has 0 saturated heterocycles. The number of ether oxygens (including phenoxy) is 2. The molecule has 1 aromatic rings. The van der Waals surface area contributed by atoms with Crippen LogP contribution in [0.4, 0.5) is 0 Å². The molecule has 0 radical (unpaired) electrons. The van der Waals surface area contributed by atoms with E-state index in [0.29, 0.717) is 11.5 Å². The minimum atomic E-state index is -1.16. The Morgan fingerprint density at radius 2 is 2.15 bits per heavy atom. The Hall–Kier alpha value is -1.48. The van der Waals surface area contributed by atoms with Gasteiger partial charge >= 0.3 is 6.48 Å². The molecule has 3 heteroatoms. The molecule has 0 aliphatic carbocycles. The summed E-state index contributed by atoms with van der Waals surface area (Å²) >= 11 is 0. The first-order valence-electron chi connectivity index (χ1n) is 4.05. The summed E-state index contributed by atoms with van der Waals surface area (Å²) in [5.74, 6) is 1.17. The average Bonchev–Trinajstić information content (AvgIpc) is 2.44. The molecule has 68 valence electrons.